The van der Waals surface area contributed by atoms with Crippen LogP contribution in [0.5, 0.6) is 5.75 Å². The largest absolute Gasteiger partial charge is 0.500 e. The summed E-state index contributed by atoms with van der Waals surface area (Å²) in [6.07, 6.45) is 1.65. The van der Waals surface area contributed by atoms with Crippen LogP contribution in [0, 0.1) is 17.8 Å². The minimum Gasteiger partial charge on any atom is -0.462 e. The van der Waals surface area contributed by atoms with Gasteiger partial charge in [0, 0.05) is 56.3 Å². The van der Waals surface area contributed by atoms with Crippen molar-refractivity contribution in [3.05, 3.63) is 60.7 Å². The van der Waals surface area contributed by atoms with E-state index in [1.165, 1.54) is 6.92 Å². The Morgan fingerprint density at radius 2 is 1.19 bits per heavy atom. The number of carbonyl (C=O) groups is 8. The van der Waals surface area contributed by atoms with Crippen molar-refractivity contribution < 1.29 is 98.6 Å². The summed E-state index contributed by atoms with van der Waals surface area (Å²) < 4.78 is 78.5. The predicted molar refractivity (Wildman–Crippen MR) is 259 cm³/mol. The topological polar surface area (TPSA) is 264 Å². The van der Waals surface area contributed by atoms with Gasteiger partial charge >= 0.3 is 56.6 Å². The maximum absolute atomic E-state index is 14.7. The molecule has 2 aromatic rings. The van der Waals surface area contributed by atoms with Gasteiger partial charge in [-0.2, -0.15) is 0 Å². The van der Waals surface area contributed by atoms with Crippen LogP contribution in [0.3, 0.4) is 0 Å². The zero-order valence-corrected chi connectivity index (χ0v) is 43.8. The average molecular weight is 1060 g/mol. The van der Waals surface area contributed by atoms with Gasteiger partial charge in [0.05, 0.1) is 23.8 Å². The molecule has 0 spiro atoms. The van der Waals surface area contributed by atoms with Crippen molar-refractivity contribution >= 4 is 69.2 Å². The third-order valence-corrected chi connectivity index (χ3v) is 17.1. The van der Waals surface area contributed by atoms with Crippen molar-refractivity contribution in [3.63, 3.8) is 0 Å². The molecule has 0 amide bonds. The second kappa shape index (κ2) is 30.9. The van der Waals surface area contributed by atoms with E-state index in [-0.39, 0.29) is 55.6 Å². The molecule has 0 N–H and O–H groups in total. The summed E-state index contributed by atoms with van der Waals surface area (Å²) in [5.41, 5.74) is 1.49. The van der Waals surface area contributed by atoms with E-state index in [0.717, 1.165) is 12.8 Å². The molecule has 0 radical (unpaired) electrons. The summed E-state index contributed by atoms with van der Waals surface area (Å²) in [4.78, 5) is 100. The van der Waals surface area contributed by atoms with Gasteiger partial charge in [-0.1, -0.05) is 49.4 Å². The van der Waals surface area contributed by atoms with E-state index in [2.05, 4.69) is 6.58 Å². The number of hydrogen-bond acceptors (Lipinski definition) is 21. The Bertz CT molecular complexity index is 2250. The molecule has 1 saturated carbocycles. The lowest BCUT2D eigenvalue weighted by Gasteiger charge is -2.30. The highest BCUT2D eigenvalue weighted by Gasteiger charge is 2.42. The zero-order valence-electron chi connectivity index (χ0n) is 41.9. The lowest BCUT2D eigenvalue weighted by Crippen LogP contribution is -2.45. The van der Waals surface area contributed by atoms with Crippen LogP contribution in [-0.2, 0) is 94.1 Å². The Morgan fingerprint density at radius 1 is 0.658 bits per heavy atom. The molecule has 1 aliphatic heterocycles. The van der Waals surface area contributed by atoms with E-state index in [1.807, 2.05) is 20.8 Å². The van der Waals surface area contributed by atoms with Gasteiger partial charge in [-0.3, -0.25) is 38.1 Å². The van der Waals surface area contributed by atoms with Crippen LogP contribution in [0.1, 0.15) is 98.3 Å². The summed E-state index contributed by atoms with van der Waals surface area (Å²) in [5.74, 6) is -8.12. The molecule has 23 heteroatoms. The fraction of sp³-hybridized carbons (Fsp3) is 0.560. The highest BCUT2D eigenvalue weighted by Crippen LogP contribution is 2.55. The van der Waals surface area contributed by atoms with Gasteiger partial charge in [0.1, 0.15) is 25.4 Å². The van der Waals surface area contributed by atoms with E-state index < -0.39 is 109 Å². The van der Waals surface area contributed by atoms with Gasteiger partial charge in [-0.05, 0) is 89.3 Å². The van der Waals surface area contributed by atoms with Gasteiger partial charge in [0.15, 0.2) is 0 Å². The Balaban J connectivity index is 1.24. The lowest BCUT2D eigenvalue weighted by atomic mass is 9.78. The number of ether oxygens (including phenoxy) is 8. The number of carbonyl (C=O) groups excluding carboxylic acids is 8. The summed E-state index contributed by atoms with van der Waals surface area (Å²) in [5, 5.41) is 0.298. The van der Waals surface area contributed by atoms with Crippen LogP contribution in [-0.4, -0.2) is 116 Å². The molecule has 73 heavy (non-hydrogen) atoms. The molecule has 4 rings (SSSR count). The van der Waals surface area contributed by atoms with Crippen molar-refractivity contribution in [2.45, 2.75) is 104 Å². The van der Waals surface area contributed by atoms with Gasteiger partial charge in [0.25, 0.3) is 7.37 Å². The monoisotopic (exact) mass is 1060 g/mol. The maximum atomic E-state index is 14.7. The molecule has 0 bridgehead atoms. The quantitative estimate of drug-likeness (QED) is 0.0109. The van der Waals surface area contributed by atoms with Crippen molar-refractivity contribution in [3.8, 4) is 16.9 Å². The molecule has 4 unspecified atom stereocenters. The molecular weight excluding hydrogens is 996 g/mol. The number of unbranched alkanes of at least 4 members (excludes halogenated alkanes) is 1. The second-order valence-electron chi connectivity index (χ2n) is 17.1. The normalized spacial score (nSPS) is 17.2. The smallest absolute Gasteiger partial charge is 0.462 e. The summed E-state index contributed by atoms with van der Waals surface area (Å²) in [6.45, 7) is 9.04. The first-order chi connectivity index (χ1) is 35.0. The molecule has 2 aliphatic rings. The Hall–Kier alpha value is -5.93. The van der Waals surface area contributed by atoms with Crippen molar-refractivity contribution in [2.24, 2.45) is 17.8 Å². The standard InChI is InChI=1S/C50H67O21PSi/c1-6-68-73(69-7-2,70-8-3)25-14-13-22-43(51)62-32-64-47(55)30-48(56)65-33-63-46(54)29-38(31-72(59)42-21-12-10-19-40(42)39-18-9-11-20-41(39)71-72)50(58)67-34-66-45(53)28-37-17-15-16-36(26-37)27-44(52)60-23-24-61-49(57)35(4)5/h9-12,18-21,36-38H,4,6-8,13-17,22-34H2,1-3,5H3. The van der Waals surface area contributed by atoms with Gasteiger partial charge < -0.3 is 55.7 Å². The van der Waals surface area contributed by atoms with Gasteiger partial charge in [-0.15, -0.1) is 0 Å². The number of rotatable bonds is 32. The van der Waals surface area contributed by atoms with Gasteiger partial charge in [-0.25, -0.2) is 4.79 Å². The molecular formula is C50H67O21PSi. The van der Waals surface area contributed by atoms with Crippen molar-refractivity contribution in [1.29, 1.82) is 0 Å². The van der Waals surface area contributed by atoms with Crippen LogP contribution < -0.4 is 9.83 Å². The molecule has 1 fully saturated rings. The van der Waals surface area contributed by atoms with E-state index in [4.69, 9.17) is 55.7 Å². The van der Waals surface area contributed by atoms with E-state index >= 15 is 0 Å². The Kier molecular flexibility index (Phi) is 25.3. The maximum Gasteiger partial charge on any atom is 0.500 e. The Morgan fingerprint density at radius 3 is 1.82 bits per heavy atom. The molecule has 0 aromatic heterocycles. The summed E-state index contributed by atoms with van der Waals surface area (Å²) in [7, 11) is -6.82. The van der Waals surface area contributed by atoms with Crippen molar-refractivity contribution in [1.82, 2.24) is 0 Å². The van der Waals surface area contributed by atoms with E-state index in [1.54, 1.807) is 48.5 Å². The molecule has 4 atom stereocenters. The van der Waals surface area contributed by atoms with Gasteiger partial charge in [0.2, 0.25) is 20.4 Å². The SMILES string of the molecule is C=C(C)C(=O)OCCOC(=O)CC1CCCC(CC(=O)OCOC(=O)C(CC(=O)OCOC(=O)CC(=O)OCOC(=O)CCCC[Si](OCC)(OCC)OCC)CP2(=O)Oc3ccccc3-c3ccccc32)C1. The minimum atomic E-state index is -3.96. The number of para-hydroxylation sites is 1. The number of fused-ring (bicyclic) bond motifs is 3. The number of benzene rings is 2. The molecule has 21 nitrogen and oxygen atoms in total. The highest BCUT2D eigenvalue weighted by atomic mass is 31.2. The van der Waals surface area contributed by atoms with Crippen LogP contribution in [0.2, 0.25) is 6.04 Å². The predicted octanol–water partition coefficient (Wildman–Crippen LogP) is 6.65. The lowest BCUT2D eigenvalue weighted by molar-refractivity contribution is -0.178. The van der Waals surface area contributed by atoms with Crippen LogP contribution in [0.4, 0.5) is 0 Å². The van der Waals surface area contributed by atoms with Crippen LogP contribution >= 0.6 is 7.37 Å². The molecule has 402 valence electrons. The second-order valence-corrected chi connectivity index (χ2v) is 22.2. The molecule has 1 aliphatic carbocycles. The van der Waals surface area contributed by atoms with E-state index in [0.29, 0.717) is 68.0 Å². The molecule has 1 heterocycles. The highest BCUT2D eigenvalue weighted by molar-refractivity contribution is 7.67. The summed E-state index contributed by atoms with van der Waals surface area (Å²) in [6, 6.07) is 14.1. The van der Waals surface area contributed by atoms with Crippen LogP contribution in [0.25, 0.3) is 11.1 Å². The molecule has 0 saturated heterocycles. The van der Waals surface area contributed by atoms with Crippen molar-refractivity contribution in [2.75, 3.05) is 59.6 Å². The molecule has 2 aromatic carbocycles. The number of esters is 8. The number of hydrogen-bond donors (Lipinski definition) is 0. The first-order valence-corrected chi connectivity index (χ1v) is 28.1. The zero-order chi connectivity index (χ0) is 53.2. The third-order valence-electron chi connectivity index (χ3n) is 11.4. The average Bonchev–Trinajstić information content (AvgIpc) is 3.34. The minimum absolute atomic E-state index is 0.0183. The van der Waals surface area contributed by atoms with Crippen LogP contribution in [0.15, 0.2) is 60.7 Å². The first kappa shape index (κ1) is 59.6. The first-order valence-electron chi connectivity index (χ1n) is 24.3. The fourth-order valence-electron chi connectivity index (χ4n) is 8.16. The summed E-state index contributed by atoms with van der Waals surface area (Å²) >= 11 is 0. The fourth-order valence-corrected chi connectivity index (χ4v) is 13.4. The third kappa shape index (κ3) is 20.5. The van der Waals surface area contributed by atoms with E-state index in [9.17, 15) is 42.9 Å². The Labute approximate surface area is 425 Å².